The number of rotatable bonds is 5. The van der Waals surface area contributed by atoms with Crippen molar-refractivity contribution >= 4 is 40.7 Å². The number of fused-ring (bicyclic) bond motifs is 1. The van der Waals surface area contributed by atoms with Crippen molar-refractivity contribution in [3.05, 3.63) is 80.8 Å². The molecule has 2 N–H and O–H groups in total. The largest absolute Gasteiger partial charge is 0.479 e. The molecule has 2 aromatic carbocycles. The Hall–Kier alpha value is -2.71. The number of halogens is 2. The molecule has 2 aliphatic heterocycles. The molecule has 0 aliphatic carbocycles. The number of benzene rings is 2. The summed E-state index contributed by atoms with van der Waals surface area (Å²) in [6, 6.07) is 11.5. The van der Waals surface area contributed by atoms with Crippen LogP contribution in [0.2, 0.25) is 10.0 Å². The van der Waals surface area contributed by atoms with Gasteiger partial charge in [0.05, 0.1) is 23.6 Å². The summed E-state index contributed by atoms with van der Waals surface area (Å²) in [5, 5.41) is 13.2. The first-order chi connectivity index (χ1) is 14.8. The third-order valence-corrected chi connectivity index (χ3v) is 5.80. The monoisotopic (exact) mass is 459 g/mol. The number of carboxylic acid groups (broad SMARTS) is 1. The maximum absolute atomic E-state index is 13.1. The normalized spacial score (nSPS) is 20.6. The van der Waals surface area contributed by atoms with Crippen molar-refractivity contribution < 1.29 is 19.4 Å². The summed E-state index contributed by atoms with van der Waals surface area (Å²) in [5.41, 5.74) is 1.34. The minimum Gasteiger partial charge on any atom is -0.479 e. The van der Waals surface area contributed by atoms with E-state index in [1.165, 1.54) is 12.1 Å². The molecule has 1 amide bonds. The first-order valence-corrected chi connectivity index (χ1v) is 10.3. The zero-order chi connectivity index (χ0) is 22.2. The Balaban J connectivity index is 1.91. The molecule has 0 spiro atoms. The van der Waals surface area contributed by atoms with Gasteiger partial charge in [-0.3, -0.25) is 15.2 Å². The second-order valence-electron chi connectivity index (χ2n) is 7.17. The van der Waals surface area contributed by atoms with Gasteiger partial charge in [0, 0.05) is 34.5 Å². The number of amides is 1. The molecule has 160 valence electrons. The molecule has 9 heteroatoms. The summed E-state index contributed by atoms with van der Waals surface area (Å²) in [5.74, 6) is -1.79. The number of carbonyl (C=O) groups is 2. The van der Waals surface area contributed by atoms with E-state index in [1.807, 2.05) is 0 Å². The molecule has 1 unspecified atom stereocenters. The number of ether oxygens (including phenoxy) is 1. The summed E-state index contributed by atoms with van der Waals surface area (Å²) < 4.78 is 5.29. The second-order valence-corrected chi connectivity index (χ2v) is 8.01. The lowest BCUT2D eigenvalue weighted by atomic mass is 9.79. The van der Waals surface area contributed by atoms with Crippen LogP contribution in [0.1, 0.15) is 5.56 Å². The van der Waals surface area contributed by atoms with Crippen LogP contribution < -0.4 is 16.0 Å². The molecular weight excluding hydrogens is 441 g/mol. The van der Waals surface area contributed by atoms with E-state index in [0.717, 1.165) is 0 Å². The van der Waals surface area contributed by atoms with E-state index >= 15 is 0 Å². The number of nitrogens with zero attached hydrogens (tertiary/aromatic N) is 2. The Labute approximate surface area is 188 Å². The highest BCUT2D eigenvalue weighted by molar-refractivity contribution is 6.35. The highest BCUT2D eigenvalue weighted by Crippen LogP contribution is 2.40. The number of aliphatic carboxylic acids is 1. The third kappa shape index (κ3) is 3.74. The van der Waals surface area contributed by atoms with Gasteiger partial charge in [-0.2, -0.15) is 0 Å². The van der Waals surface area contributed by atoms with Crippen molar-refractivity contribution in [1.29, 1.82) is 0 Å². The fourth-order valence-electron chi connectivity index (χ4n) is 3.85. The standard InChI is InChI=1S/C22H19Cl2N3O4/c1-13(20(28)26-27-7-9-31-10-8-27)19-18-16(24)11-15(23)12-17(18)25-22(19,21(29)30)14-5-3-2-4-6-14/h2-6,11-12H,1,7-10H2,(H,26,28)(H,29,30). The number of morpholine rings is 1. The first-order valence-electron chi connectivity index (χ1n) is 9.56. The first kappa shape index (κ1) is 21.5. The van der Waals surface area contributed by atoms with E-state index < -0.39 is 17.4 Å². The summed E-state index contributed by atoms with van der Waals surface area (Å²) in [6.45, 7) is 5.92. The minimum absolute atomic E-state index is 0.0375. The SMILES string of the molecule is C=C(C(=O)NN1CCOCC1)C1=c2c(Cl)cc(Cl)cc2=NC1(C(=O)O)c1ccccc1. The Morgan fingerprint density at radius 1 is 1.16 bits per heavy atom. The summed E-state index contributed by atoms with van der Waals surface area (Å²) in [7, 11) is 0. The van der Waals surface area contributed by atoms with Crippen LogP contribution in [0, 0.1) is 0 Å². The summed E-state index contributed by atoms with van der Waals surface area (Å²) in [4.78, 5) is 30.4. The van der Waals surface area contributed by atoms with Gasteiger partial charge in [-0.05, 0) is 17.7 Å². The third-order valence-electron chi connectivity index (χ3n) is 5.28. The molecule has 1 atom stereocenters. The van der Waals surface area contributed by atoms with Gasteiger partial charge in [-0.15, -0.1) is 0 Å². The van der Waals surface area contributed by atoms with Gasteiger partial charge >= 0.3 is 5.97 Å². The van der Waals surface area contributed by atoms with Gasteiger partial charge in [0.1, 0.15) is 0 Å². The highest BCUT2D eigenvalue weighted by atomic mass is 35.5. The van der Waals surface area contributed by atoms with E-state index in [1.54, 1.807) is 35.3 Å². The molecule has 31 heavy (non-hydrogen) atoms. The lowest BCUT2D eigenvalue weighted by molar-refractivity contribution is -0.141. The van der Waals surface area contributed by atoms with Crippen molar-refractivity contribution in [2.24, 2.45) is 4.99 Å². The maximum Gasteiger partial charge on any atom is 0.341 e. The zero-order valence-electron chi connectivity index (χ0n) is 16.4. The molecule has 2 aliphatic rings. The summed E-state index contributed by atoms with van der Waals surface area (Å²) >= 11 is 12.6. The molecule has 0 bridgehead atoms. The van der Waals surface area contributed by atoms with Gasteiger partial charge in [0.25, 0.3) is 5.91 Å². The minimum atomic E-state index is -1.89. The molecule has 4 rings (SSSR count). The van der Waals surface area contributed by atoms with Crippen LogP contribution in [0.25, 0.3) is 5.57 Å². The molecule has 2 heterocycles. The zero-order valence-corrected chi connectivity index (χ0v) is 17.9. The number of nitrogens with one attached hydrogen (secondary N) is 1. The van der Waals surface area contributed by atoms with Gasteiger partial charge in [-0.1, -0.05) is 60.1 Å². The Morgan fingerprint density at radius 3 is 2.48 bits per heavy atom. The highest BCUT2D eigenvalue weighted by Gasteiger charge is 2.49. The van der Waals surface area contributed by atoms with Gasteiger partial charge in [-0.25, -0.2) is 9.80 Å². The molecule has 2 aromatic rings. The Bertz CT molecular complexity index is 1190. The van der Waals surface area contributed by atoms with E-state index in [-0.39, 0.29) is 16.2 Å². The average Bonchev–Trinajstić information content (AvgIpc) is 3.11. The number of hydrogen-bond donors (Lipinski definition) is 2. The van der Waals surface area contributed by atoms with Gasteiger partial charge < -0.3 is 9.84 Å². The average molecular weight is 460 g/mol. The van der Waals surface area contributed by atoms with E-state index in [0.29, 0.717) is 47.5 Å². The quantitative estimate of drug-likeness (QED) is 0.663. The lowest BCUT2D eigenvalue weighted by Crippen LogP contribution is -2.49. The van der Waals surface area contributed by atoms with Crippen LogP contribution in [0.3, 0.4) is 0 Å². The van der Waals surface area contributed by atoms with Crippen molar-refractivity contribution in [1.82, 2.24) is 10.4 Å². The van der Waals surface area contributed by atoms with E-state index in [4.69, 9.17) is 27.9 Å². The Kier molecular flexibility index (Phi) is 5.85. The van der Waals surface area contributed by atoms with Crippen LogP contribution in [-0.4, -0.2) is 48.3 Å². The molecule has 7 nitrogen and oxygen atoms in total. The molecule has 0 aromatic heterocycles. The molecular formula is C22H19Cl2N3O4. The number of carboxylic acids is 1. The van der Waals surface area contributed by atoms with Crippen LogP contribution in [0.15, 0.2) is 59.6 Å². The molecule has 0 saturated carbocycles. The fourth-order valence-corrected chi connectivity index (χ4v) is 4.43. The van der Waals surface area contributed by atoms with Gasteiger partial charge in [0.15, 0.2) is 0 Å². The smallest absolute Gasteiger partial charge is 0.341 e. The topological polar surface area (TPSA) is 91.2 Å². The molecule has 1 fully saturated rings. The van der Waals surface area contributed by atoms with Crippen LogP contribution in [-0.2, 0) is 19.9 Å². The van der Waals surface area contributed by atoms with Crippen molar-refractivity contribution in [2.45, 2.75) is 5.54 Å². The maximum atomic E-state index is 13.1. The Morgan fingerprint density at radius 2 is 1.84 bits per heavy atom. The van der Waals surface area contributed by atoms with Crippen LogP contribution in [0.4, 0.5) is 0 Å². The van der Waals surface area contributed by atoms with Crippen molar-refractivity contribution in [3.63, 3.8) is 0 Å². The summed E-state index contributed by atoms with van der Waals surface area (Å²) in [6.07, 6.45) is 0. The number of carbonyl (C=O) groups excluding carboxylic acids is 1. The van der Waals surface area contributed by atoms with Crippen molar-refractivity contribution in [3.8, 4) is 0 Å². The molecule has 0 radical (unpaired) electrons. The van der Waals surface area contributed by atoms with Crippen LogP contribution in [0.5, 0.6) is 0 Å². The second kappa shape index (κ2) is 8.43. The van der Waals surface area contributed by atoms with E-state index in [9.17, 15) is 14.7 Å². The van der Waals surface area contributed by atoms with Crippen LogP contribution >= 0.6 is 23.2 Å². The predicted molar refractivity (Wildman–Crippen MR) is 116 cm³/mol. The lowest BCUT2D eigenvalue weighted by Gasteiger charge is -2.30. The predicted octanol–water partition coefficient (Wildman–Crippen LogP) is 1.68. The van der Waals surface area contributed by atoms with E-state index in [2.05, 4.69) is 17.0 Å². The number of hydrogen-bond acceptors (Lipinski definition) is 5. The number of hydrazine groups is 1. The van der Waals surface area contributed by atoms with Crippen molar-refractivity contribution in [2.75, 3.05) is 26.3 Å². The fraction of sp³-hybridized carbons (Fsp3) is 0.227. The molecule has 1 saturated heterocycles. The van der Waals surface area contributed by atoms with Gasteiger partial charge in [0.2, 0.25) is 5.54 Å².